The van der Waals surface area contributed by atoms with Gasteiger partial charge in [0.15, 0.2) is 5.78 Å². The van der Waals surface area contributed by atoms with Gasteiger partial charge >= 0.3 is 0 Å². The molecular weight excluding hydrogens is 220 g/mol. The highest BCUT2D eigenvalue weighted by atomic mass is 16.1. The van der Waals surface area contributed by atoms with Gasteiger partial charge in [0.2, 0.25) is 0 Å². The summed E-state index contributed by atoms with van der Waals surface area (Å²) in [6, 6.07) is 1.84. The standard InChI is InChI=1S/C14H17B2NO/c1-4-6-9(3)11-8-12(15)13(17-14(11)16)7-10(18)5-2/h5,8-9H,2,4,6-7H2,1,3H3. The molecule has 0 saturated carbocycles. The Balaban J connectivity index is 3.03. The Morgan fingerprint density at radius 2 is 2.22 bits per heavy atom. The lowest BCUT2D eigenvalue weighted by Crippen LogP contribution is -2.27. The molecule has 0 bridgehead atoms. The van der Waals surface area contributed by atoms with Crippen molar-refractivity contribution in [3.8, 4) is 0 Å². The van der Waals surface area contributed by atoms with E-state index in [-0.39, 0.29) is 12.2 Å². The van der Waals surface area contributed by atoms with Gasteiger partial charge in [-0.2, -0.15) is 0 Å². The van der Waals surface area contributed by atoms with Crippen LogP contribution < -0.4 is 11.1 Å². The van der Waals surface area contributed by atoms with Crippen LogP contribution in [0.15, 0.2) is 18.7 Å². The van der Waals surface area contributed by atoms with Crippen molar-refractivity contribution in [2.45, 2.75) is 39.0 Å². The number of rotatable bonds is 6. The lowest BCUT2D eigenvalue weighted by atomic mass is 9.82. The summed E-state index contributed by atoms with van der Waals surface area (Å²) in [6.45, 7) is 7.66. The molecule has 0 aliphatic heterocycles. The molecule has 2 nitrogen and oxygen atoms in total. The second-order valence-electron chi connectivity index (χ2n) is 4.54. The number of carbonyl (C=O) groups excluding carboxylic acids is 1. The first-order valence-corrected chi connectivity index (χ1v) is 6.19. The van der Waals surface area contributed by atoms with Crippen LogP contribution >= 0.6 is 0 Å². The summed E-state index contributed by atoms with van der Waals surface area (Å²) < 4.78 is 0. The molecule has 90 valence electrons. The fraction of sp³-hybridized carbons (Fsp3) is 0.429. The van der Waals surface area contributed by atoms with Gasteiger partial charge in [0, 0.05) is 5.69 Å². The van der Waals surface area contributed by atoms with Crippen molar-refractivity contribution in [2.24, 2.45) is 0 Å². The fourth-order valence-corrected chi connectivity index (χ4v) is 1.96. The Morgan fingerprint density at radius 1 is 1.56 bits per heavy atom. The first-order valence-electron chi connectivity index (χ1n) is 6.19. The average Bonchev–Trinajstić information content (AvgIpc) is 2.33. The maximum absolute atomic E-state index is 11.3. The predicted molar refractivity (Wildman–Crippen MR) is 77.2 cm³/mol. The number of pyridine rings is 1. The number of allylic oxidation sites excluding steroid dienone is 1. The van der Waals surface area contributed by atoms with E-state index in [1.54, 1.807) is 0 Å². The van der Waals surface area contributed by atoms with Gasteiger partial charge in [-0.05, 0) is 29.6 Å². The van der Waals surface area contributed by atoms with Crippen molar-refractivity contribution < 1.29 is 4.79 Å². The quantitative estimate of drug-likeness (QED) is 0.542. The van der Waals surface area contributed by atoms with Crippen LogP contribution in [0.3, 0.4) is 0 Å². The smallest absolute Gasteiger partial charge is 0.161 e. The SMILES string of the molecule is [B]c1cc(C(C)CCC)c([B])nc1CC(=O)C=C. The molecule has 0 aliphatic carbocycles. The summed E-state index contributed by atoms with van der Waals surface area (Å²) in [6.07, 6.45) is 3.54. The molecule has 0 fully saturated rings. The van der Waals surface area contributed by atoms with E-state index in [9.17, 15) is 4.79 Å². The first kappa shape index (κ1) is 14.7. The van der Waals surface area contributed by atoms with Crippen LogP contribution in [0.4, 0.5) is 0 Å². The highest BCUT2D eigenvalue weighted by Crippen LogP contribution is 2.17. The minimum Gasteiger partial charge on any atom is -0.294 e. The number of hydrogen-bond donors (Lipinski definition) is 0. The molecule has 0 aromatic carbocycles. The highest BCUT2D eigenvalue weighted by molar-refractivity contribution is 6.36. The van der Waals surface area contributed by atoms with Gasteiger partial charge in [-0.25, -0.2) is 0 Å². The summed E-state index contributed by atoms with van der Waals surface area (Å²) in [4.78, 5) is 15.6. The van der Waals surface area contributed by atoms with Crippen molar-refractivity contribution in [3.63, 3.8) is 0 Å². The minimum atomic E-state index is -0.108. The minimum absolute atomic E-state index is 0.108. The van der Waals surface area contributed by atoms with E-state index in [0.29, 0.717) is 22.7 Å². The van der Waals surface area contributed by atoms with Crippen LogP contribution in [0, 0.1) is 0 Å². The maximum Gasteiger partial charge on any atom is 0.161 e. The molecule has 0 saturated heterocycles. The Hall–Kier alpha value is -1.31. The van der Waals surface area contributed by atoms with E-state index >= 15 is 0 Å². The lowest BCUT2D eigenvalue weighted by molar-refractivity contribution is -0.114. The van der Waals surface area contributed by atoms with Crippen LogP contribution in [-0.2, 0) is 11.2 Å². The van der Waals surface area contributed by atoms with Crippen LogP contribution in [0.1, 0.15) is 43.9 Å². The van der Waals surface area contributed by atoms with Crippen molar-refractivity contribution >= 4 is 32.5 Å². The zero-order valence-electron chi connectivity index (χ0n) is 11.1. The molecule has 1 aromatic heterocycles. The van der Waals surface area contributed by atoms with Crippen LogP contribution in [0.5, 0.6) is 0 Å². The number of nitrogens with zero attached hydrogens (tertiary/aromatic N) is 1. The van der Waals surface area contributed by atoms with Crippen molar-refractivity contribution in [2.75, 3.05) is 0 Å². The predicted octanol–water partition coefficient (Wildman–Crippen LogP) is 0.870. The number of hydrogen-bond acceptors (Lipinski definition) is 2. The summed E-state index contributed by atoms with van der Waals surface area (Å²) >= 11 is 0. The number of aromatic nitrogens is 1. The van der Waals surface area contributed by atoms with E-state index in [1.807, 2.05) is 6.07 Å². The van der Waals surface area contributed by atoms with Gasteiger partial charge in [-0.3, -0.25) is 9.78 Å². The third kappa shape index (κ3) is 3.59. The van der Waals surface area contributed by atoms with Crippen LogP contribution in [0.25, 0.3) is 0 Å². The normalized spacial score (nSPS) is 12.1. The molecule has 1 heterocycles. The van der Waals surface area contributed by atoms with Gasteiger partial charge in [0.25, 0.3) is 0 Å². The highest BCUT2D eigenvalue weighted by Gasteiger charge is 2.12. The lowest BCUT2D eigenvalue weighted by Gasteiger charge is -2.16. The molecular formula is C14H17B2NO. The Kier molecular flexibility index (Phi) is 5.39. The van der Waals surface area contributed by atoms with Gasteiger partial charge in [-0.1, -0.05) is 38.4 Å². The summed E-state index contributed by atoms with van der Waals surface area (Å²) in [5.41, 5.74) is 2.49. The molecule has 4 heteroatoms. The van der Waals surface area contributed by atoms with E-state index in [2.05, 4.69) is 25.4 Å². The summed E-state index contributed by atoms with van der Waals surface area (Å²) in [5, 5.41) is 0. The molecule has 0 amide bonds. The topological polar surface area (TPSA) is 30.0 Å². The van der Waals surface area contributed by atoms with E-state index in [1.165, 1.54) is 6.08 Å². The summed E-state index contributed by atoms with van der Waals surface area (Å²) in [7, 11) is 11.9. The molecule has 1 unspecified atom stereocenters. The number of carbonyl (C=O) groups is 1. The summed E-state index contributed by atoms with van der Waals surface area (Å²) in [5.74, 6) is 0.219. The Bertz CT molecular complexity index is 457. The molecule has 1 rings (SSSR count). The molecule has 0 N–H and O–H groups in total. The van der Waals surface area contributed by atoms with Crippen molar-refractivity contribution in [3.05, 3.63) is 30.0 Å². The van der Waals surface area contributed by atoms with Crippen LogP contribution in [-0.4, -0.2) is 26.5 Å². The molecule has 18 heavy (non-hydrogen) atoms. The Labute approximate surface area is 112 Å². The zero-order chi connectivity index (χ0) is 13.7. The third-order valence-corrected chi connectivity index (χ3v) is 3.02. The van der Waals surface area contributed by atoms with Crippen molar-refractivity contribution in [1.82, 2.24) is 4.98 Å². The van der Waals surface area contributed by atoms with E-state index in [0.717, 1.165) is 18.4 Å². The van der Waals surface area contributed by atoms with E-state index in [4.69, 9.17) is 15.7 Å². The molecule has 4 radical (unpaired) electrons. The molecule has 0 aliphatic rings. The van der Waals surface area contributed by atoms with Gasteiger partial charge in [-0.15, -0.1) is 0 Å². The molecule has 0 spiro atoms. The van der Waals surface area contributed by atoms with Gasteiger partial charge in [0.1, 0.15) is 15.7 Å². The largest absolute Gasteiger partial charge is 0.294 e. The molecule has 1 atom stereocenters. The number of ketones is 1. The third-order valence-electron chi connectivity index (χ3n) is 3.02. The monoisotopic (exact) mass is 237 g/mol. The second-order valence-corrected chi connectivity index (χ2v) is 4.54. The first-order chi connectivity index (χ1) is 8.49. The maximum atomic E-state index is 11.3. The van der Waals surface area contributed by atoms with E-state index < -0.39 is 0 Å². The average molecular weight is 237 g/mol. The molecule has 1 aromatic rings. The second kappa shape index (κ2) is 6.58. The zero-order valence-corrected chi connectivity index (χ0v) is 11.1. The van der Waals surface area contributed by atoms with Gasteiger partial charge in [0.05, 0.1) is 6.42 Å². The van der Waals surface area contributed by atoms with Gasteiger partial charge < -0.3 is 0 Å². The fourth-order valence-electron chi connectivity index (χ4n) is 1.96. The Morgan fingerprint density at radius 3 is 2.78 bits per heavy atom. The van der Waals surface area contributed by atoms with Crippen molar-refractivity contribution in [1.29, 1.82) is 0 Å². The van der Waals surface area contributed by atoms with Crippen LogP contribution in [0.2, 0.25) is 0 Å².